The van der Waals surface area contributed by atoms with Crippen LogP contribution in [0.2, 0.25) is 0 Å². The Balaban J connectivity index is 2.35. The molecule has 0 radical (unpaired) electrons. The largest absolute Gasteiger partial charge is 0.497 e. The summed E-state index contributed by atoms with van der Waals surface area (Å²) in [6, 6.07) is 13.9. The fourth-order valence-electron chi connectivity index (χ4n) is 2.21. The van der Waals surface area contributed by atoms with Gasteiger partial charge in [-0.05, 0) is 35.7 Å². The van der Waals surface area contributed by atoms with Crippen molar-refractivity contribution < 1.29 is 9.53 Å². The Labute approximate surface area is 120 Å². The number of benzene rings is 2. The molecule has 0 amide bonds. The predicted molar refractivity (Wildman–Crippen MR) is 82.3 cm³/mol. The van der Waals surface area contributed by atoms with Gasteiger partial charge in [0.25, 0.3) is 0 Å². The lowest BCUT2D eigenvalue weighted by Crippen LogP contribution is -2.09. The standard InChI is InChI=1S/C18H20O2/c1-12(2)18(19)17-10-7-15(11-13(17)3)14-5-8-16(20-4)9-6-14/h5-12H,1-4H3. The van der Waals surface area contributed by atoms with E-state index in [-0.39, 0.29) is 11.7 Å². The van der Waals surface area contributed by atoms with Crippen molar-refractivity contribution in [1.82, 2.24) is 0 Å². The van der Waals surface area contributed by atoms with Crippen LogP contribution in [0.15, 0.2) is 42.5 Å². The number of methoxy groups -OCH3 is 1. The van der Waals surface area contributed by atoms with E-state index in [1.807, 2.05) is 57.2 Å². The number of aryl methyl sites for hydroxylation is 1. The Hall–Kier alpha value is -2.09. The molecule has 0 unspecified atom stereocenters. The van der Waals surface area contributed by atoms with Crippen LogP contribution >= 0.6 is 0 Å². The fourth-order valence-corrected chi connectivity index (χ4v) is 2.21. The quantitative estimate of drug-likeness (QED) is 0.763. The number of carbonyl (C=O) groups excluding carboxylic acids is 1. The summed E-state index contributed by atoms with van der Waals surface area (Å²) in [6.07, 6.45) is 0. The van der Waals surface area contributed by atoms with Gasteiger partial charge in [0.2, 0.25) is 0 Å². The van der Waals surface area contributed by atoms with Gasteiger partial charge in [-0.25, -0.2) is 0 Å². The molecule has 0 saturated carbocycles. The topological polar surface area (TPSA) is 26.3 Å². The molecule has 0 fully saturated rings. The molecule has 0 aliphatic carbocycles. The molecular formula is C18H20O2. The summed E-state index contributed by atoms with van der Waals surface area (Å²) in [6.45, 7) is 5.85. The Morgan fingerprint density at radius 3 is 2.10 bits per heavy atom. The average molecular weight is 268 g/mol. The van der Waals surface area contributed by atoms with Crippen LogP contribution in [0, 0.1) is 12.8 Å². The molecule has 0 saturated heterocycles. The molecule has 104 valence electrons. The van der Waals surface area contributed by atoms with Gasteiger partial charge in [0.1, 0.15) is 5.75 Å². The van der Waals surface area contributed by atoms with Crippen molar-refractivity contribution >= 4 is 5.78 Å². The fraction of sp³-hybridized carbons (Fsp3) is 0.278. The molecule has 0 heterocycles. The highest BCUT2D eigenvalue weighted by molar-refractivity contribution is 5.99. The maximum Gasteiger partial charge on any atom is 0.165 e. The monoisotopic (exact) mass is 268 g/mol. The second-order valence-electron chi connectivity index (χ2n) is 5.28. The Morgan fingerprint density at radius 1 is 1.00 bits per heavy atom. The molecule has 20 heavy (non-hydrogen) atoms. The molecule has 0 aliphatic rings. The van der Waals surface area contributed by atoms with E-state index in [4.69, 9.17) is 4.74 Å². The van der Waals surface area contributed by atoms with E-state index in [1.165, 1.54) is 0 Å². The predicted octanol–water partition coefficient (Wildman–Crippen LogP) is 4.51. The van der Waals surface area contributed by atoms with Crippen molar-refractivity contribution in [3.8, 4) is 16.9 Å². The number of Topliss-reactive ketones (excluding diaryl/α,β-unsaturated/α-hetero) is 1. The SMILES string of the molecule is COc1ccc(-c2ccc(C(=O)C(C)C)c(C)c2)cc1. The van der Waals surface area contributed by atoms with E-state index < -0.39 is 0 Å². The van der Waals surface area contributed by atoms with Crippen molar-refractivity contribution in [3.63, 3.8) is 0 Å². The molecular weight excluding hydrogens is 248 g/mol. The molecule has 0 aliphatic heterocycles. The van der Waals surface area contributed by atoms with Crippen molar-refractivity contribution in [3.05, 3.63) is 53.6 Å². The minimum Gasteiger partial charge on any atom is -0.497 e. The Bertz CT molecular complexity index is 610. The van der Waals surface area contributed by atoms with Crippen LogP contribution in [0.1, 0.15) is 29.8 Å². The first kappa shape index (κ1) is 14.3. The van der Waals surface area contributed by atoms with E-state index in [2.05, 4.69) is 6.07 Å². The molecule has 0 atom stereocenters. The van der Waals surface area contributed by atoms with Crippen molar-refractivity contribution in [2.24, 2.45) is 5.92 Å². The Morgan fingerprint density at radius 2 is 1.60 bits per heavy atom. The second kappa shape index (κ2) is 5.91. The van der Waals surface area contributed by atoms with E-state index in [0.717, 1.165) is 28.0 Å². The maximum atomic E-state index is 12.1. The molecule has 2 rings (SSSR count). The zero-order valence-electron chi connectivity index (χ0n) is 12.4. The van der Waals surface area contributed by atoms with E-state index in [0.29, 0.717) is 0 Å². The highest BCUT2D eigenvalue weighted by Crippen LogP contribution is 2.25. The number of carbonyl (C=O) groups is 1. The molecule has 2 aromatic carbocycles. The second-order valence-corrected chi connectivity index (χ2v) is 5.28. The van der Waals surface area contributed by atoms with Crippen LogP contribution in [0.3, 0.4) is 0 Å². The average Bonchev–Trinajstić information content (AvgIpc) is 2.46. The summed E-state index contributed by atoms with van der Waals surface area (Å²) >= 11 is 0. The zero-order chi connectivity index (χ0) is 14.7. The smallest absolute Gasteiger partial charge is 0.165 e. The molecule has 2 heteroatoms. The lowest BCUT2D eigenvalue weighted by molar-refractivity contribution is 0.0939. The van der Waals surface area contributed by atoms with Crippen LogP contribution in [0.5, 0.6) is 5.75 Å². The number of ether oxygens (including phenoxy) is 1. The van der Waals surface area contributed by atoms with Gasteiger partial charge in [-0.2, -0.15) is 0 Å². The minimum atomic E-state index is 0.0283. The van der Waals surface area contributed by atoms with Gasteiger partial charge in [-0.1, -0.05) is 44.2 Å². The van der Waals surface area contributed by atoms with Gasteiger partial charge in [0.05, 0.1) is 7.11 Å². The summed E-state index contributed by atoms with van der Waals surface area (Å²) < 4.78 is 5.16. The number of hydrogen-bond donors (Lipinski definition) is 0. The number of hydrogen-bond acceptors (Lipinski definition) is 2. The molecule has 2 aromatic rings. The first-order valence-corrected chi connectivity index (χ1v) is 6.82. The maximum absolute atomic E-state index is 12.1. The van der Waals surface area contributed by atoms with Gasteiger partial charge >= 0.3 is 0 Å². The van der Waals surface area contributed by atoms with Crippen molar-refractivity contribution in [1.29, 1.82) is 0 Å². The molecule has 0 bridgehead atoms. The summed E-state index contributed by atoms with van der Waals surface area (Å²) in [5.74, 6) is 1.07. The lowest BCUT2D eigenvalue weighted by atomic mass is 9.94. The third kappa shape index (κ3) is 2.90. The summed E-state index contributed by atoms with van der Waals surface area (Å²) in [4.78, 5) is 12.1. The van der Waals surface area contributed by atoms with E-state index >= 15 is 0 Å². The van der Waals surface area contributed by atoms with E-state index in [9.17, 15) is 4.79 Å². The van der Waals surface area contributed by atoms with Crippen LogP contribution in [-0.2, 0) is 0 Å². The summed E-state index contributed by atoms with van der Waals surface area (Å²) in [7, 11) is 1.66. The van der Waals surface area contributed by atoms with Crippen molar-refractivity contribution in [2.45, 2.75) is 20.8 Å². The van der Waals surface area contributed by atoms with Crippen molar-refractivity contribution in [2.75, 3.05) is 7.11 Å². The normalized spacial score (nSPS) is 10.7. The number of rotatable bonds is 4. The molecule has 0 aromatic heterocycles. The summed E-state index contributed by atoms with van der Waals surface area (Å²) in [5.41, 5.74) is 4.08. The van der Waals surface area contributed by atoms with Gasteiger partial charge in [-0.15, -0.1) is 0 Å². The third-order valence-electron chi connectivity index (χ3n) is 3.44. The van der Waals surface area contributed by atoms with Crippen LogP contribution in [-0.4, -0.2) is 12.9 Å². The molecule has 0 spiro atoms. The van der Waals surface area contributed by atoms with Crippen LogP contribution in [0.25, 0.3) is 11.1 Å². The number of ketones is 1. The summed E-state index contributed by atoms with van der Waals surface area (Å²) in [5, 5.41) is 0. The van der Waals surface area contributed by atoms with E-state index in [1.54, 1.807) is 7.11 Å². The van der Waals surface area contributed by atoms with Gasteiger partial charge in [0.15, 0.2) is 5.78 Å². The molecule has 2 nitrogen and oxygen atoms in total. The zero-order valence-corrected chi connectivity index (χ0v) is 12.4. The third-order valence-corrected chi connectivity index (χ3v) is 3.44. The molecule has 0 N–H and O–H groups in total. The van der Waals surface area contributed by atoms with Gasteiger partial charge in [-0.3, -0.25) is 4.79 Å². The highest BCUT2D eigenvalue weighted by Gasteiger charge is 2.13. The van der Waals surface area contributed by atoms with Gasteiger partial charge in [0, 0.05) is 11.5 Å². The van der Waals surface area contributed by atoms with Crippen LogP contribution in [0.4, 0.5) is 0 Å². The first-order valence-electron chi connectivity index (χ1n) is 6.82. The Kier molecular flexibility index (Phi) is 4.23. The highest BCUT2D eigenvalue weighted by atomic mass is 16.5. The van der Waals surface area contributed by atoms with Crippen LogP contribution < -0.4 is 4.74 Å². The minimum absolute atomic E-state index is 0.0283. The lowest BCUT2D eigenvalue weighted by Gasteiger charge is -2.10. The van der Waals surface area contributed by atoms with Gasteiger partial charge < -0.3 is 4.74 Å². The first-order chi connectivity index (χ1) is 9.52.